The summed E-state index contributed by atoms with van der Waals surface area (Å²) in [6.45, 7) is 18.1. The van der Waals surface area contributed by atoms with Crippen molar-refractivity contribution in [2.24, 2.45) is 4.99 Å². The van der Waals surface area contributed by atoms with Crippen molar-refractivity contribution in [3.63, 3.8) is 0 Å². The van der Waals surface area contributed by atoms with Gasteiger partial charge in [0.2, 0.25) is 0 Å². The molecule has 222 valence electrons. The maximum absolute atomic E-state index is 5.97. The molecule has 2 aliphatic heterocycles. The quantitative estimate of drug-likeness (QED) is 0.240. The molecule has 0 spiro atoms. The van der Waals surface area contributed by atoms with E-state index in [1.807, 2.05) is 6.92 Å². The van der Waals surface area contributed by atoms with Gasteiger partial charge in [0.15, 0.2) is 5.90 Å². The van der Waals surface area contributed by atoms with Crippen LogP contribution >= 0.6 is 0 Å². The lowest BCUT2D eigenvalue weighted by Crippen LogP contribution is -2.35. The van der Waals surface area contributed by atoms with Gasteiger partial charge in [0.25, 0.3) is 0 Å². The molecule has 0 bridgehead atoms. The van der Waals surface area contributed by atoms with Crippen LogP contribution in [0.4, 0.5) is 0 Å². The maximum atomic E-state index is 5.97. The number of aromatic nitrogens is 2. The molecular weight excluding hydrogens is 512 g/mol. The van der Waals surface area contributed by atoms with E-state index in [4.69, 9.17) is 24.2 Å². The number of ether oxygens (including phenoxy) is 3. The van der Waals surface area contributed by atoms with Crippen LogP contribution in [0.5, 0.6) is 0 Å². The van der Waals surface area contributed by atoms with Gasteiger partial charge in [0.05, 0.1) is 41.8 Å². The fourth-order valence-corrected chi connectivity index (χ4v) is 5.98. The number of nitrogens with zero attached hydrogens (tertiary/aromatic N) is 4. The van der Waals surface area contributed by atoms with Crippen molar-refractivity contribution >= 4 is 16.9 Å². The number of likely N-dealkylation sites (tertiary alicyclic amines) is 1. The van der Waals surface area contributed by atoms with Crippen molar-refractivity contribution < 1.29 is 14.2 Å². The number of piperidine rings is 1. The second-order valence-corrected chi connectivity index (χ2v) is 12.6. The summed E-state index contributed by atoms with van der Waals surface area (Å²) in [7, 11) is 0. The smallest absolute Gasteiger partial charge is 0.194 e. The zero-order valence-corrected chi connectivity index (χ0v) is 25.7. The number of aliphatic imine (C=N–C) groups is 1. The SMILES string of the molecule is CCOCCOCCn1c(C2CCN(CCc3ccc(C(C)(C)C4=NC(C)(C)CO4)cc3)CC2)nc2ccccc21. The zero-order valence-electron chi connectivity index (χ0n) is 25.7. The second kappa shape index (κ2) is 13.1. The van der Waals surface area contributed by atoms with Gasteiger partial charge < -0.3 is 23.7 Å². The molecule has 0 unspecified atom stereocenters. The Balaban J connectivity index is 1.14. The van der Waals surface area contributed by atoms with E-state index in [0.29, 0.717) is 32.3 Å². The number of imidazole rings is 1. The lowest BCUT2D eigenvalue weighted by atomic mass is 9.83. The molecule has 3 heterocycles. The predicted octanol–water partition coefficient (Wildman–Crippen LogP) is 6.00. The molecular formula is C34H48N4O3. The van der Waals surface area contributed by atoms with Crippen molar-refractivity contribution in [3.8, 4) is 0 Å². The Bertz CT molecular complexity index is 1300. The van der Waals surface area contributed by atoms with E-state index in [1.165, 1.54) is 22.5 Å². The lowest BCUT2D eigenvalue weighted by Gasteiger charge is -2.32. The average molecular weight is 561 g/mol. The van der Waals surface area contributed by atoms with Crippen LogP contribution in [0.15, 0.2) is 53.5 Å². The molecule has 5 rings (SSSR count). The number of para-hydroxylation sites is 2. The summed E-state index contributed by atoms with van der Waals surface area (Å²) in [4.78, 5) is 12.5. The first kappa shape index (κ1) is 29.7. The Hall–Kier alpha value is -2.74. The molecule has 1 saturated heterocycles. The van der Waals surface area contributed by atoms with Crippen molar-refractivity contribution in [2.45, 2.75) is 77.3 Å². The molecule has 1 aromatic heterocycles. The van der Waals surface area contributed by atoms with Crippen molar-refractivity contribution in [1.29, 1.82) is 0 Å². The number of hydrogen-bond acceptors (Lipinski definition) is 6. The van der Waals surface area contributed by atoms with Crippen molar-refractivity contribution in [2.75, 3.05) is 52.7 Å². The third-order valence-electron chi connectivity index (χ3n) is 8.57. The monoisotopic (exact) mass is 560 g/mol. The summed E-state index contributed by atoms with van der Waals surface area (Å²) in [6, 6.07) is 17.6. The molecule has 0 amide bonds. The fourth-order valence-electron chi connectivity index (χ4n) is 5.98. The second-order valence-electron chi connectivity index (χ2n) is 12.6. The highest BCUT2D eigenvalue weighted by Crippen LogP contribution is 2.32. The molecule has 41 heavy (non-hydrogen) atoms. The number of rotatable bonds is 13. The van der Waals surface area contributed by atoms with Crippen LogP contribution in [0.3, 0.4) is 0 Å². The van der Waals surface area contributed by atoms with Gasteiger partial charge >= 0.3 is 0 Å². The molecule has 2 aromatic carbocycles. The Kier molecular flexibility index (Phi) is 9.47. The highest BCUT2D eigenvalue weighted by Gasteiger charge is 2.37. The minimum atomic E-state index is -0.222. The van der Waals surface area contributed by atoms with E-state index >= 15 is 0 Å². The Morgan fingerprint density at radius 3 is 2.39 bits per heavy atom. The van der Waals surface area contributed by atoms with Gasteiger partial charge in [0, 0.05) is 25.6 Å². The molecule has 7 heteroatoms. The Morgan fingerprint density at radius 1 is 0.951 bits per heavy atom. The third-order valence-corrected chi connectivity index (χ3v) is 8.57. The number of hydrogen-bond donors (Lipinski definition) is 0. The minimum absolute atomic E-state index is 0.134. The van der Waals surface area contributed by atoms with Gasteiger partial charge in [-0.1, -0.05) is 36.4 Å². The lowest BCUT2D eigenvalue weighted by molar-refractivity contribution is 0.0496. The van der Waals surface area contributed by atoms with E-state index in [0.717, 1.165) is 63.5 Å². The van der Waals surface area contributed by atoms with Gasteiger partial charge in [-0.2, -0.15) is 0 Å². The molecule has 0 aliphatic carbocycles. The molecule has 0 radical (unpaired) electrons. The van der Waals surface area contributed by atoms with Crippen LogP contribution in [0.2, 0.25) is 0 Å². The van der Waals surface area contributed by atoms with Crippen LogP contribution < -0.4 is 0 Å². The first-order valence-corrected chi connectivity index (χ1v) is 15.4. The van der Waals surface area contributed by atoms with Gasteiger partial charge in [-0.3, -0.25) is 0 Å². The fraction of sp³-hybridized carbons (Fsp3) is 0.588. The molecule has 0 saturated carbocycles. The minimum Gasteiger partial charge on any atom is -0.478 e. The summed E-state index contributed by atoms with van der Waals surface area (Å²) < 4.78 is 19.6. The van der Waals surface area contributed by atoms with Crippen LogP contribution in [0.25, 0.3) is 11.0 Å². The van der Waals surface area contributed by atoms with Gasteiger partial charge in [0.1, 0.15) is 12.4 Å². The third kappa shape index (κ3) is 7.19. The van der Waals surface area contributed by atoms with Crippen LogP contribution in [-0.2, 0) is 32.6 Å². The summed E-state index contributed by atoms with van der Waals surface area (Å²) in [5, 5.41) is 0. The molecule has 0 atom stereocenters. The molecule has 1 fully saturated rings. The largest absolute Gasteiger partial charge is 0.478 e. The van der Waals surface area contributed by atoms with E-state index < -0.39 is 0 Å². The summed E-state index contributed by atoms with van der Waals surface area (Å²) in [6.07, 6.45) is 3.34. The van der Waals surface area contributed by atoms with E-state index in [1.54, 1.807) is 0 Å². The van der Waals surface area contributed by atoms with E-state index in [9.17, 15) is 0 Å². The normalized spacial score (nSPS) is 18.1. The first-order valence-electron chi connectivity index (χ1n) is 15.4. The highest BCUT2D eigenvalue weighted by molar-refractivity contribution is 5.89. The molecule has 3 aromatic rings. The molecule has 0 N–H and O–H groups in total. The number of fused-ring (bicyclic) bond motifs is 1. The van der Waals surface area contributed by atoms with Crippen LogP contribution in [0.1, 0.15) is 70.3 Å². The predicted molar refractivity (Wildman–Crippen MR) is 166 cm³/mol. The summed E-state index contributed by atoms with van der Waals surface area (Å²) >= 11 is 0. The topological polar surface area (TPSA) is 61.1 Å². The van der Waals surface area contributed by atoms with Gasteiger partial charge in [-0.25, -0.2) is 9.98 Å². The molecule has 2 aliphatic rings. The van der Waals surface area contributed by atoms with Crippen molar-refractivity contribution in [1.82, 2.24) is 14.5 Å². The average Bonchev–Trinajstić information content (AvgIpc) is 3.54. The van der Waals surface area contributed by atoms with Crippen LogP contribution in [0, 0.1) is 0 Å². The first-order chi connectivity index (χ1) is 19.8. The van der Waals surface area contributed by atoms with Gasteiger partial charge in [-0.15, -0.1) is 0 Å². The van der Waals surface area contributed by atoms with Crippen LogP contribution in [-0.4, -0.2) is 78.6 Å². The zero-order chi connectivity index (χ0) is 28.9. The number of benzene rings is 2. The van der Waals surface area contributed by atoms with E-state index in [-0.39, 0.29) is 11.0 Å². The highest BCUT2D eigenvalue weighted by atomic mass is 16.5. The van der Waals surface area contributed by atoms with Crippen molar-refractivity contribution in [3.05, 3.63) is 65.5 Å². The Labute approximate surface area is 245 Å². The maximum Gasteiger partial charge on any atom is 0.194 e. The summed E-state index contributed by atoms with van der Waals surface area (Å²) in [5.41, 5.74) is 4.57. The Morgan fingerprint density at radius 2 is 1.68 bits per heavy atom. The molecule has 7 nitrogen and oxygen atoms in total. The summed E-state index contributed by atoms with van der Waals surface area (Å²) in [5.74, 6) is 2.55. The van der Waals surface area contributed by atoms with E-state index in [2.05, 4.69) is 85.7 Å². The standard InChI is InChI=1S/C34H48N4O3/c1-6-39-23-24-40-22-21-38-30-10-8-7-9-29(30)35-31(38)27-16-19-37(20-17-27)18-15-26-11-13-28(14-12-26)34(4,5)32-36-33(2,3)25-41-32/h7-14,27H,6,15-25H2,1-5H3. The van der Waals surface area contributed by atoms with Gasteiger partial charge in [-0.05, 0) is 90.2 Å².